The highest BCUT2D eigenvalue weighted by molar-refractivity contribution is 5.95. The Balaban J connectivity index is 2.15. The molecule has 1 aromatic rings. The number of nitrogens with zero attached hydrogens (tertiary/aromatic N) is 1. The van der Waals surface area contributed by atoms with Gasteiger partial charge in [0.1, 0.15) is 5.75 Å². The third-order valence-electron chi connectivity index (χ3n) is 3.74. The van der Waals surface area contributed by atoms with Crippen LogP contribution in [0.3, 0.4) is 0 Å². The van der Waals surface area contributed by atoms with Crippen LogP contribution < -0.4 is 4.74 Å². The van der Waals surface area contributed by atoms with E-state index in [1.807, 2.05) is 13.8 Å². The van der Waals surface area contributed by atoms with Crippen molar-refractivity contribution in [2.24, 2.45) is 0 Å². The minimum Gasteiger partial charge on any atom is -0.496 e. The molecule has 1 atom stereocenters. The highest BCUT2D eigenvalue weighted by Gasteiger charge is 2.27. The summed E-state index contributed by atoms with van der Waals surface area (Å²) < 4.78 is 10.7. The molecular weight excluding hydrogens is 286 g/mol. The quantitative estimate of drug-likeness (QED) is 0.915. The Hall–Kier alpha value is -2.08. The molecule has 1 N–H and O–H groups in total. The minimum atomic E-state index is -0.921. The zero-order valence-corrected chi connectivity index (χ0v) is 13.1. The maximum Gasteiger partial charge on any atom is 0.306 e. The van der Waals surface area contributed by atoms with Crippen LogP contribution in [-0.2, 0) is 9.53 Å². The molecule has 1 heterocycles. The number of rotatable bonds is 4. The predicted octanol–water partition coefficient (Wildman–Crippen LogP) is 1.63. The fraction of sp³-hybridized carbons (Fsp3) is 0.500. The van der Waals surface area contributed by atoms with Crippen LogP contribution in [0.15, 0.2) is 12.1 Å². The fourth-order valence-electron chi connectivity index (χ4n) is 2.80. The number of aryl methyl sites for hydroxylation is 2. The van der Waals surface area contributed by atoms with Crippen molar-refractivity contribution in [3.63, 3.8) is 0 Å². The molecule has 0 aromatic heterocycles. The number of aliphatic carboxylic acids is 1. The molecule has 0 spiro atoms. The van der Waals surface area contributed by atoms with Gasteiger partial charge in [0.15, 0.2) is 0 Å². The summed E-state index contributed by atoms with van der Waals surface area (Å²) in [5.41, 5.74) is 2.40. The van der Waals surface area contributed by atoms with Gasteiger partial charge in [-0.1, -0.05) is 0 Å². The van der Waals surface area contributed by atoms with Crippen molar-refractivity contribution in [3.05, 3.63) is 28.8 Å². The lowest BCUT2D eigenvalue weighted by Crippen LogP contribution is -2.46. The van der Waals surface area contributed by atoms with Crippen LogP contribution in [0.25, 0.3) is 0 Å². The molecule has 0 saturated carbocycles. The molecule has 0 bridgehead atoms. The SMILES string of the molecule is COc1c(C)cc(C(=O)N2CCOC(CC(=O)O)C2)cc1C. The Morgan fingerprint density at radius 1 is 1.36 bits per heavy atom. The van der Waals surface area contributed by atoms with E-state index in [9.17, 15) is 9.59 Å². The number of carboxylic acid groups (broad SMARTS) is 1. The second-order valence-electron chi connectivity index (χ2n) is 5.49. The summed E-state index contributed by atoms with van der Waals surface area (Å²) in [6, 6.07) is 3.60. The first-order valence-electron chi connectivity index (χ1n) is 7.20. The molecule has 6 heteroatoms. The van der Waals surface area contributed by atoms with E-state index in [1.54, 1.807) is 24.1 Å². The predicted molar refractivity (Wildman–Crippen MR) is 80.4 cm³/mol. The molecule has 6 nitrogen and oxygen atoms in total. The molecular formula is C16H21NO5. The van der Waals surface area contributed by atoms with Crippen molar-refractivity contribution >= 4 is 11.9 Å². The van der Waals surface area contributed by atoms with Crippen LogP contribution in [0.5, 0.6) is 5.75 Å². The largest absolute Gasteiger partial charge is 0.496 e. The van der Waals surface area contributed by atoms with E-state index >= 15 is 0 Å². The van der Waals surface area contributed by atoms with Gasteiger partial charge in [-0.15, -0.1) is 0 Å². The van der Waals surface area contributed by atoms with E-state index in [2.05, 4.69) is 0 Å². The zero-order chi connectivity index (χ0) is 16.3. The number of carboxylic acids is 1. The average molecular weight is 307 g/mol. The maximum atomic E-state index is 12.6. The summed E-state index contributed by atoms with van der Waals surface area (Å²) in [7, 11) is 1.61. The van der Waals surface area contributed by atoms with E-state index in [4.69, 9.17) is 14.6 Å². The summed E-state index contributed by atoms with van der Waals surface area (Å²) in [6.45, 7) is 4.93. The fourth-order valence-corrected chi connectivity index (χ4v) is 2.80. The van der Waals surface area contributed by atoms with Gasteiger partial charge < -0.3 is 19.5 Å². The first kappa shape index (κ1) is 16.3. The summed E-state index contributed by atoms with van der Waals surface area (Å²) >= 11 is 0. The molecule has 1 aromatic carbocycles. The molecule has 1 aliphatic heterocycles. The van der Waals surface area contributed by atoms with E-state index in [0.29, 0.717) is 25.3 Å². The number of ether oxygens (including phenoxy) is 2. The highest BCUT2D eigenvalue weighted by Crippen LogP contribution is 2.25. The van der Waals surface area contributed by atoms with Crippen LogP contribution in [0, 0.1) is 13.8 Å². The maximum absolute atomic E-state index is 12.6. The number of methoxy groups -OCH3 is 1. The molecule has 0 radical (unpaired) electrons. The van der Waals surface area contributed by atoms with E-state index in [1.165, 1.54) is 0 Å². The smallest absolute Gasteiger partial charge is 0.306 e. The standard InChI is InChI=1S/C16H21NO5/c1-10-6-12(7-11(2)15(10)21-3)16(20)17-4-5-22-13(9-17)8-14(18)19/h6-7,13H,4-5,8-9H2,1-3H3,(H,18,19). The van der Waals surface area contributed by atoms with Crippen molar-refractivity contribution in [1.82, 2.24) is 4.90 Å². The lowest BCUT2D eigenvalue weighted by Gasteiger charge is -2.32. The number of hydrogen-bond acceptors (Lipinski definition) is 4. The number of morpholine rings is 1. The summed E-state index contributed by atoms with van der Waals surface area (Å²) in [5.74, 6) is -0.245. The van der Waals surface area contributed by atoms with Crippen molar-refractivity contribution in [1.29, 1.82) is 0 Å². The third kappa shape index (κ3) is 3.57. The van der Waals surface area contributed by atoms with Gasteiger partial charge in [-0.05, 0) is 37.1 Å². The van der Waals surface area contributed by atoms with Crippen molar-refractivity contribution in [2.45, 2.75) is 26.4 Å². The second kappa shape index (κ2) is 6.79. The van der Waals surface area contributed by atoms with Gasteiger partial charge in [0, 0.05) is 18.7 Å². The molecule has 1 fully saturated rings. The minimum absolute atomic E-state index is 0.0928. The van der Waals surface area contributed by atoms with E-state index in [-0.39, 0.29) is 12.3 Å². The van der Waals surface area contributed by atoms with Gasteiger partial charge in [0.2, 0.25) is 0 Å². The second-order valence-corrected chi connectivity index (χ2v) is 5.49. The monoisotopic (exact) mass is 307 g/mol. The van der Waals surface area contributed by atoms with Gasteiger partial charge >= 0.3 is 5.97 Å². The van der Waals surface area contributed by atoms with Gasteiger partial charge in [0.25, 0.3) is 5.91 Å². The lowest BCUT2D eigenvalue weighted by atomic mass is 10.0. The Labute approximate surface area is 129 Å². The molecule has 1 aliphatic rings. The van der Waals surface area contributed by atoms with E-state index in [0.717, 1.165) is 16.9 Å². The summed E-state index contributed by atoms with van der Waals surface area (Å²) in [6.07, 6.45) is -0.541. The lowest BCUT2D eigenvalue weighted by molar-refractivity contribution is -0.141. The topological polar surface area (TPSA) is 76.1 Å². The summed E-state index contributed by atoms with van der Waals surface area (Å²) in [5, 5.41) is 8.84. The molecule has 1 unspecified atom stereocenters. The van der Waals surface area contributed by atoms with Gasteiger partial charge in [-0.2, -0.15) is 0 Å². The van der Waals surface area contributed by atoms with Gasteiger partial charge in [-0.25, -0.2) is 0 Å². The van der Waals surface area contributed by atoms with E-state index < -0.39 is 12.1 Å². The molecule has 2 rings (SSSR count). The molecule has 1 amide bonds. The average Bonchev–Trinajstić information content (AvgIpc) is 2.45. The highest BCUT2D eigenvalue weighted by atomic mass is 16.5. The number of carbonyl (C=O) groups is 2. The van der Waals surface area contributed by atoms with Crippen LogP contribution in [0.4, 0.5) is 0 Å². The molecule has 22 heavy (non-hydrogen) atoms. The van der Waals surface area contributed by atoms with Crippen molar-refractivity contribution in [3.8, 4) is 5.75 Å². The Kier molecular flexibility index (Phi) is 5.03. The Bertz CT molecular complexity index is 561. The van der Waals surface area contributed by atoms with Crippen LogP contribution in [0.1, 0.15) is 27.9 Å². The Morgan fingerprint density at radius 3 is 2.55 bits per heavy atom. The number of benzene rings is 1. The van der Waals surface area contributed by atoms with Gasteiger partial charge in [0.05, 0.1) is 26.2 Å². The molecule has 0 aliphatic carbocycles. The van der Waals surface area contributed by atoms with Crippen molar-refractivity contribution < 1.29 is 24.2 Å². The molecule has 1 saturated heterocycles. The first-order valence-corrected chi connectivity index (χ1v) is 7.20. The third-order valence-corrected chi connectivity index (χ3v) is 3.74. The zero-order valence-electron chi connectivity index (χ0n) is 13.1. The number of hydrogen-bond donors (Lipinski definition) is 1. The normalized spacial score (nSPS) is 18.1. The summed E-state index contributed by atoms with van der Waals surface area (Å²) in [4.78, 5) is 25.0. The number of amides is 1. The Morgan fingerprint density at radius 2 is 2.00 bits per heavy atom. The van der Waals surface area contributed by atoms with Crippen LogP contribution in [0.2, 0.25) is 0 Å². The van der Waals surface area contributed by atoms with Crippen LogP contribution >= 0.6 is 0 Å². The van der Waals surface area contributed by atoms with Crippen molar-refractivity contribution in [2.75, 3.05) is 26.8 Å². The first-order chi connectivity index (χ1) is 10.4. The number of carbonyl (C=O) groups excluding carboxylic acids is 1. The van der Waals surface area contributed by atoms with Gasteiger partial charge in [-0.3, -0.25) is 9.59 Å². The molecule has 120 valence electrons. The van der Waals surface area contributed by atoms with Crippen LogP contribution in [-0.4, -0.2) is 54.8 Å².